The largest absolute Gasteiger partial charge is 0.375 e. The molecule has 2 rings (SSSR count). The molecule has 0 aromatic carbocycles. The van der Waals surface area contributed by atoms with Crippen LogP contribution < -0.4 is 0 Å². The van der Waals surface area contributed by atoms with Crippen LogP contribution in [0.2, 0.25) is 0 Å². The molecule has 0 radical (unpaired) electrons. The van der Waals surface area contributed by atoms with Crippen molar-refractivity contribution in [3.8, 4) is 0 Å². The van der Waals surface area contributed by atoms with Crippen LogP contribution in [0.4, 0.5) is 0 Å². The van der Waals surface area contributed by atoms with Gasteiger partial charge in [0.15, 0.2) is 0 Å². The number of ether oxygens (including phenoxy) is 5. The van der Waals surface area contributed by atoms with Crippen molar-refractivity contribution in [3.63, 3.8) is 0 Å². The first-order valence-corrected chi connectivity index (χ1v) is 12.9. The van der Waals surface area contributed by atoms with E-state index in [2.05, 4.69) is 90.0 Å². The number of hydrogen-bond donors (Lipinski definition) is 0. The van der Waals surface area contributed by atoms with E-state index in [1.807, 2.05) is 0 Å². The Balaban J connectivity index is 2.17. The molecule has 0 amide bonds. The van der Waals surface area contributed by atoms with Crippen molar-refractivity contribution >= 4 is 0 Å². The van der Waals surface area contributed by atoms with Gasteiger partial charge >= 0.3 is 0 Å². The lowest BCUT2D eigenvalue weighted by molar-refractivity contribution is -0.174. The van der Waals surface area contributed by atoms with Crippen LogP contribution in [-0.4, -0.2) is 59.5 Å². The van der Waals surface area contributed by atoms with Gasteiger partial charge in [-0.25, -0.2) is 0 Å². The molecule has 33 heavy (non-hydrogen) atoms. The molecule has 0 aliphatic carbocycles. The van der Waals surface area contributed by atoms with E-state index in [9.17, 15) is 0 Å². The van der Waals surface area contributed by atoms with E-state index in [1.165, 1.54) is 0 Å². The Hall–Kier alpha value is -0.200. The molecule has 0 N–H and O–H groups in total. The molecule has 0 aromatic heterocycles. The molecule has 0 spiro atoms. The van der Waals surface area contributed by atoms with Gasteiger partial charge in [0.05, 0.1) is 52.9 Å². The maximum Gasteiger partial charge on any atom is 0.0915 e. The van der Waals surface area contributed by atoms with Crippen molar-refractivity contribution in [1.29, 1.82) is 0 Å². The van der Waals surface area contributed by atoms with Gasteiger partial charge in [0.2, 0.25) is 0 Å². The standard InChI is InChI=1S/C28H54O5/c1-14-30-27(12,17-24(7,8)32-22(2,3)4)19-26(11,21-15-29-21)16-23(5,6)33-25(9,10)18-28(13)20-31-28/h21H,14-20H2,1-13H3. The van der Waals surface area contributed by atoms with Crippen molar-refractivity contribution in [2.45, 2.75) is 155 Å². The summed E-state index contributed by atoms with van der Waals surface area (Å²) in [6, 6.07) is 0. The van der Waals surface area contributed by atoms with Gasteiger partial charge in [-0.1, -0.05) is 6.92 Å². The first-order chi connectivity index (χ1) is 14.6. The molecular formula is C28H54O5. The van der Waals surface area contributed by atoms with Gasteiger partial charge in [0.25, 0.3) is 0 Å². The van der Waals surface area contributed by atoms with E-state index >= 15 is 0 Å². The van der Waals surface area contributed by atoms with E-state index in [1.54, 1.807) is 0 Å². The number of hydrogen-bond acceptors (Lipinski definition) is 5. The van der Waals surface area contributed by atoms with Crippen LogP contribution in [0.15, 0.2) is 0 Å². The molecule has 2 saturated heterocycles. The third kappa shape index (κ3) is 9.76. The molecule has 5 heteroatoms. The fourth-order valence-corrected chi connectivity index (χ4v) is 6.79. The van der Waals surface area contributed by atoms with Crippen LogP contribution >= 0.6 is 0 Å². The second-order valence-corrected chi connectivity index (χ2v) is 14.4. The maximum atomic E-state index is 6.76. The Morgan fingerprint density at radius 2 is 1.30 bits per heavy atom. The summed E-state index contributed by atoms with van der Waals surface area (Å²) < 4.78 is 31.2. The smallest absolute Gasteiger partial charge is 0.0915 e. The molecule has 0 bridgehead atoms. The fourth-order valence-electron chi connectivity index (χ4n) is 6.79. The zero-order chi connectivity index (χ0) is 25.6. The van der Waals surface area contributed by atoms with Crippen LogP contribution in [0.1, 0.15) is 116 Å². The molecule has 0 saturated carbocycles. The Morgan fingerprint density at radius 3 is 1.73 bits per heavy atom. The van der Waals surface area contributed by atoms with Gasteiger partial charge in [-0.05, 0) is 95.9 Å². The molecule has 2 fully saturated rings. The van der Waals surface area contributed by atoms with Crippen molar-refractivity contribution in [2.24, 2.45) is 5.41 Å². The summed E-state index contributed by atoms with van der Waals surface area (Å²) in [7, 11) is 0. The Labute approximate surface area is 204 Å². The monoisotopic (exact) mass is 470 g/mol. The van der Waals surface area contributed by atoms with Crippen LogP contribution in [0.5, 0.6) is 0 Å². The van der Waals surface area contributed by atoms with Gasteiger partial charge in [-0.15, -0.1) is 0 Å². The summed E-state index contributed by atoms with van der Waals surface area (Å²) in [5.41, 5.74) is -1.50. The van der Waals surface area contributed by atoms with Crippen LogP contribution in [0.3, 0.4) is 0 Å². The van der Waals surface area contributed by atoms with Gasteiger partial charge in [0.1, 0.15) is 0 Å². The van der Waals surface area contributed by atoms with Crippen LogP contribution in [0.25, 0.3) is 0 Å². The van der Waals surface area contributed by atoms with E-state index in [0.29, 0.717) is 6.61 Å². The lowest BCUT2D eigenvalue weighted by atomic mass is 9.68. The van der Waals surface area contributed by atoms with Crippen LogP contribution in [-0.2, 0) is 23.7 Å². The first kappa shape index (κ1) is 29.0. The highest BCUT2D eigenvalue weighted by Gasteiger charge is 2.52. The topological polar surface area (TPSA) is 52.8 Å². The zero-order valence-electron chi connectivity index (χ0n) is 24.1. The predicted molar refractivity (Wildman–Crippen MR) is 135 cm³/mol. The van der Waals surface area contributed by atoms with Gasteiger partial charge in [-0.3, -0.25) is 0 Å². The van der Waals surface area contributed by atoms with E-state index in [-0.39, 0.29) is 45.1 Å². The van der Waals surface area contributed by atoms with E-state index in [0.717, 1.165) is 38.9 Å². The second-order valence-electron chi connectivity index (χ2n) is 14.4. The van der Waals surface area contributed by atoms with Gasteiger partial charge in [-0.2, -0.15) is 0 Å². The molecule has 2 aliphatic heterocycles. The molecule has 2 aliphatic rings. The summed E-state index contributed by atoms with van der Waals surface area (Å²) in [6.45, 7) is 30.7. The summed E-state index contributed by atoms with van der Waals surface area (Å²) in [6.07, 6.45) is 3.74. The van der Waals surface area contributed by atoms with Crippen molar-refractivity contribution < 1.29 is 23.7 Å². The van der Waals surface area contributed by atoms with Crippen molar-refractivity contribution in [1.82, 2.24) is 0 Å². The quantitative estimate of drug-likeness (QED) is 0.264. The highest BCUT2D eigenvalue weighted by atomic mass is 16.6. The summed E-state index contributed by atoms with van der Waals surface area (Å²) in [4.78, 5) is 0. The normalized spacial score (nSPS) is 27.7. The molecule has 4 unspecified atom stereocenters. The minimum Gasteiger partial charge on any atom is -0.375 e. The van der Waals surface area contributed by atoms with Crippen molar-refractivity contribution in [2.75, 3.05) is 19.8 Å². The van der Waals surface area contributed by atoms with E-state index in [4.69, 9.17) is 23.7 Å². The molecule has 4 atom stereocenters. The summed E-state index contributed by atoms with van der Waals surface area (Å²) >= 11 is 0. The molecule has 2 heterocycles. The number of rotatable bonds is 14. The molecule has 196 valence electrons. The average molecular weight is 471 g/mol. The SMILES string of the molecule is CCOC(C)(CC(C)(C)OC(C)(C)C)CC(C)(CC(C)(C)OC(C)(C)CC1(C)CO1)C1CO1. The van der Waals surface area contributed by atoms with Crippen LogP contribution in [0, 0.1) is 5.41 Å². The predicted octanol–water partition coefficient (Wildman–Crippen LogP) is 6.70. The molecular weight excluding hydrogens is 416 g/mol. The maximum absolute atomic E-state index is 6.76. The lowest BCUT2D eigenvalue weighted by Gasteiger charge is -2.47. The second kappa shape index (κ2) is 9.35. The minimum absolute atomic E-state index is 0.0331. The Bertz CT molecular complexity index is 654. The highest BCUT2D eigenvalue weighted by molar-refractivity contribution is 5.02. The number of epoxide rings is 2. The summed E-state index contributed by atoms with van der Waals surface area (Å²) in [5, 5.41) is 0. The zero-order valence-corrected chi connectivity index (χ0v) is 24.1. The highest BCUT2D eigenvalue weighted by Crippen LogP contribution is 2.50. The third-order valence-electron chi connectivity index (χ3n) is 6.58. The summed E-state index contributed by atoms with van der Waals surface area (Å²) in [5.74, 6) is 0. The van der Waals surface area contributed by atoms with Gasteiger partial charge < -0.3 is 23.7 Å². The Kier molecular flexibility index (Phi) is 8.23. The molecule has 5 nitrogen and oxygen atoms in total. The minimum atomic E-state index is -0.328. The first-order valence-electron chi connectivity index (χ1n) is 12.9. The fraction of sp³-hybridized carbons (Fsp3) is 1.00. The van der Waals surface area contributed by atoms with Crippen molar-refractivity contribution in [3.05, 3.63) is 0 Å². The van der Waals surface area contributed by atoms with Gasteiger partial charge in [0, 0.05) is 24.9 Å². The van der Waals surface area contributed by atoms with E-state index < -0.39 is 0 Å². The lowest BCUT2D eigenvalue weighted by Crippen LogP contribution is -2.49. The average Bonchev–Trinajstić information content (AvgIpc) is 3.36. The third-order valence-corrected chi connectivity index (χ3v) is 6.58. The molecule has 0 aromatic rings. The Morgan fingerprint density at radius 1 is 0.788 bits per heavy atom.